The molecule has 0 spiro atoms. The summed E-state index contributed by atoms with van der Waals surface area (Å²) >= 11 is 6.64. The van der Waals surface area contributed by atoms with Crippen LogP contribution in [-0.2, 0) is 0 Å². The Morgan fingerprint density at radius 3 is 2.84 bits per heavy atom. The fourth-order valence-corrected chi connectivity index (χ4v) is 4.37. The van der Waals surface area contributed by atoms with Crippen LogP contribution in [0.15, 0.2) is 54.9 Å². The van der Waals surface area contributed by atoms with E-state index >= 15 is 0 Å². The van der Waals surface area contributed by atoms with Crippen LogP contribution in [0.4, 0.5) is 11.6 Å². The quantitative estimate of drug-likeness (QED) is 0.437. The topological polar surface area (TPSA) is 111 Å². The molecule has 1 amide bonds. The first-order valence-electron chi connectivity index (χ1n) is 10.5. The zero-order chi connectivity index (χ0) is 22.1. The van der Waals surface area contributed by atoms with E-state index in [0.717, 1.165) is 36.8 Å². The number of halogens is 1. The summed E-state index contributed by atoms with van der Waals surface area (Å²) in [5.74, 6) is 0.588. The maximum absolute atomic E-state index is 12.6. The van der Waals surface area contributed by atoms with Gasteiger partial charge in [0.2, 0.25) is 0 Å². The standard InChI is InChI=1S/C23H22ClN7O/c24-17-12-14(23(32)29-19-5-1-2-10-27-19)6-7-16(17)21-20-18(8-11-28-22(20)25)31(30-21)15-4-3-9-26-13-15/h1-2,5-8,10-12,15,26H,3-4,9,13H2,(H2,25,28)(H,27,29,32)/t15-/m1/s1. The number of nitrogens with one attached hydrogen (secondary N) is 2. The average molecular weight is 448 g/mol. The zero-order valence-corrected chi connectivity index (χ0v) is 18.0. The van der Waals surface area contributed by atoms with Crippen LogP contribution < -0.4 is 16.4 Å². The third kappa shape index (κ3) is 3.79. The van der Waals surface area contributed by atoms with Gasteiger partial charge in [-0.1, -0.05) is 23.7 Å². The predicted octanol–water partition coefficient (Wildman–Crippen LogP) is 3.91. The number of hydrogen-bond donors (Lipinski definition) is 3. The van der Waals surface area contributed by atoms with Gasteiger partial charge in [0.15, 0.2) is 0 Å². The molecule has 5 rings (SSSR count). The lowest BCUT2D eigenvalue weighted by Crippen LogP contribution is -2.32. The van der Waals surface area contributed by atoms with Gasteiger partial charge in [-0.25, -0.2) is 9.97 Å². The highest BCUT2D eigenvalue weighted by atomic mass is 35.5. The smallest absolute Gasteiger partial charge is 0.256 e. The lowest BCUT2D eigenvalue weighted by molar-refractivity contribution is 0.102. The fourth-order valence-electron chi connectivity index (χ4n) is 4.10. The second kappa shape index (κ2) is 8.57. The summed E-state index contributed by atoms with van der Waals surface area (Å²) in [7, 11) is 0. The molecule has 8 nitrogen and oxygen atoms in total. The monoisotopic (exact) mass is 447 g/mol. The van der Waals surface area contributed by atoms with Crippen LogP contribution in [-0.4, -0.2) is 38.7 Å². The lowest BCUT2D eigenvalue weighted by Gasteiger charge is -2.23. The van der Waals surface area contributed by atoms with E-state index in [1.54, 1.807) is 48.8 Å². The van der Waals surface area contributed by atoms with E-state index in [1.165, 1.54) is 0 Å². The van der Waals surface area contributed by atoms with Crippen LogP contribution in [0.1, 0.15) is 29.2 Å². The van der Waals surface area contributed by atoms with Gasteiger partial charge in [-0.15, -0.1) is 0 Å². The normalized spacial score (nSPS) is 16.2. The summed E-state index contributed by atoms with van der Waals surface area (Å²) in [6.07, 6.45) is 5.44. The first kappa shape index (κ1) is 20.4. The number of aromatic nitrogens is 4. The van der Waals surface area contributed by atoms with Crippen LogP contribution in [0, 0.1) is 0 Å². The highest BCUT2D eigenvalue weighted by molar-refractivity contribution is 6.34. The van der Waals surface area contributed by atoms with Crippen LogP contribution >= 0.6 is 11.6 Å². The number of piperidine rings is 1. The number of nitrogen functional groups attached to an aromatic ring is 1. The number of rotatable bonds is 4. The SMILES string of the molecule is Nc1nccc2c1c(-c1ccc(C(=O)Nc3ccccn3)cc1Cl)nn2[C@@H]1CCCNC1. The number of pyridine rings is 2. The Hall–Kier alpha value is -3.49. The molecule has 0 radical (unpaired) electrons. The predicted molar refractivity (Wildman–Crippen MR) is 126 cm³/mol. The van der Waals surface area contributed by atoms with Crippen molar-refractivity contribution in [2.75, 3.05) is 24.1 Å². The first-order valence-corrected chi connectivity index (χ1v) is 10.9. The van der Waals surface area contributed by atoms with Crippen molar-refractivity contribution in [1.29, 1.82) is 0 Å². The van der Waals surface area contributed by atoms with E-state index < -0.39 is 0 Å². The van der Waals surface area contributed by atoms with E-state index in [1.807, 2.05) is 10.7 Å². The number of anilines is 2. The third-order valence-electron chi connectivity index (χ3n) is 5.66. The van der Waals surface area contributed by atoms with Crippen molar-refractivity contribution in [2.24, 2.45) is 0 Å². The molecule has 9 heteroatoms. The number of nitrogens with two attached hydrogens (primary N) is 1. The minimum absolute atomic E-state index is 0.226. The number of carbonyl (C=O) groups is 1. The summed E-state index contributed by atoms with van der Waals surface area (Å²) in [5, 5.41) is 12.3. The van der Waals surface area contributed by atoms with Crippen molar-refractivity contribution in [3.8, 4) is 11.3 Å². The van der Waals surface area contributed by atoms with Gasteiger partial charge >= 0.3 is 0 Å². The largest absolute Gasteiger partial charge is 0.383 e. The maximum atomic E-state index is 12.6. The summed E-state index contributed by atoms with van der Waals surface area (Å²) in [4.78, 5) is 21.0. The maximum Gasteiger partial charge on any atom is 0.256 e. The van der Waals surface area contributed by atoms with Gasteiger partial charge in [0.05, 0.1) is 22.0 Å². The van der Waals surface area contributed by atoms with Gasteiger partial charge in [-0.05, 0) is 49.7 Å². The Balaban J connectivity index is 1.53. The molecule has 4 aromatic rings. The Bertz CT molecular complexity index is 1280. The van der Waals surface area contributed by atoms with Crippen molar-refractivity contribution in [3.63, 3.8) is 0 Å². The second-order valence-corrected chi connectivity index (χ2v) is 8.15. The highest BCUT2D eigenvalue weighted by Crippen LogP contribution is 2.37. The van der Waals surface area contributed by atoms with Crippen molar-refractivity contribution in [1.82, 2.24) is 25.1 Å². The van der Waals surface area contributed by atoms with Crippen molar-refractivity contribution in [2.45, 2.75) is 18.9 Å². The molecule has 0 bridgehead atoms. The van der Waals surface area contributed by atoms with Crippen LogP contribution in [0.2, 0.25) is 5.02 Å². The van der Waals surface area contributed by atoms with Crippen LogP contribution in [0.3, 0.4) is 0 Å². The van der Waals surface area contributed by atoms with Crippen LogP contribution in [0.5, 0.6) is 0 Å². The molecular formula is C23H22ClN7O. The van der Waals surface area contributed by atoms with E-state index in [9.17, 15) is 4.79 Å². The summed E-state index contributed by atoms with van der Waals surface area (Å²) in [5.41, 5.74) is 8.98. The van der Waals surface area contributed by atoms with E-state index in [0.29, 0.717) is 33.5 Å². The Kier molecular flexibility index (Phi) is 5.46. The molecular weight excluding hydrogens is 426 g/mol. The number of hydrogen-bond acceptors (Lipinski definition) is 6. The molecule has 1 atom stereocenters. The molecule has 0 saturated carbocycles. The molecule has 4 N–H and O–H groups in total. The molecule has 1 aromatic carbocycles. The van der Waals surface area contributed by atoms with Gasteiger partial charge in [-0.3, -0.25) is 9.48 Å². The molecule has 1 fully saturated rings. The zero-order valence-electron chi connectivity index (χ0n) is 17.3. The van der Waals surface area contributed by atoms with E-state index in [-0.39, 0.29) is 11.9 Å². The molecule has 0 unspecified atom stereocenters. The Morgan fingerprint density at radius 2 is 2.09 bits per heavy atom. The Labute approximate surface area is 189 Å². The summed E-state index contributed by atoms with van der Waals surface area (Å²) in [6.45, 7) is 1.86. The number of nitrogens with zero attached hydrogens (tertiary/aromatic N) is 4. The number of fused-ring (bicyclic) bond motifs is 1. The summed E-state index contributed by atoms with van der Waals surface area (Å²) in [6, 6.07) is 12.6. The van der Waals surface area contributed by atoms with Crippen molar-refractivity contribution < 1.29 is 4.79 Å². The second-order valence-electron chi connectivity index (χ2n) is 7.75. The van der Waals surface area contributed by atoms with E-state index in [4.69, 9.17) is 22.4 Å². The number of carbonyl (C=O) groups excluding carboxylic acids is 1. The molecule has 0 aliphatic carbocycles. The van der Waals surface area contributed by atoms with Gasteiger partial charge < -0.3 is 16.4 Å². The minimum atomic E-state index is -0.290. The van der Waals surface area contributed by atoms with Gasteiger partial charge in [0, 0.05) is 30.1 Å². The van der Waals surface area contributed by atoms with Crippen LogP contribution in [0.25, 0.3) is 22.2 Å². The Morgan fingerprint density at radius 1 is 1.19 bits per heavy atom. The molecule has 1 saturated heterocycles. The molecule has 32 heavy (non-hydrogen) atoms. The molecule has 1 aliphatic rings. The highest BCUT2D eigenvalue weighted by Gasteiger charge is 2.24. The molecule has 1 aliphatic heterocycles. The van der Waals surface area contributed by atoms with Gasteiger partial charge in [-0.2, -0.15) is 5.10 Å². The van der Waals surface area contributed by atoms with E-state index in [2.05, 4.69) is 20.6 Å². The molecule has 3 aromatic heterocycles. The number of benzene rings is 1. The fraction of sp³-hybridized carbons (Fsp3) is 0.217. The third-order valence-corrected chi connectivity index (χ3v) is 5.97. The molecule has 4 heterocycles. The first-order chi connectivity index (χ1) is 15.6. The van der Waals surface area contributed by atoms with Gasteiger partial charge in [0.1, 0.15) is 17.3 Å². The number of amides is 1. The average Bonchev–Trinajstić information content (AvgIpc) is 3.21. The lowest BCUT2D eigenvalue weighted by atomic mass is 10.1. The van der Waals surface area contributed by atoms with Crippen molar-refractivity contribution in [3.05, 3.63) is 65.4 Å². The van der Waals surface area contributed by atoms with Crippen molar-refractivity contribution >= 4 is 40.0 Å². The summed E-state index contributed by atoms with van der Waals surface area (Å²) < 4.78 is 2.02. The molecule has 162 valence electrons. The van der Waals surface area contributed by atoms with Gasteiger partial charge in [0.25, 0.3) is 5.91 Å². The minimum Gasteiger partial charge on any atom is -0.383 e.